The van der Waals surface area contributed by atoms with Crippen LogP contribution in [-0.4, -0.2) is 40.6 Å². The number of hydrogen-bond acceptors (Lipinski definition) is 5. The molecular formula is C28H27FN2O5S. The summed E-state index contributed by atoms with van der Waals surface area (Å²) >= 11 is 0. The van der Waals surface area contributed by atoms with Crippen LogP contribution in [0.3, 0.4) is 0 Å². The molecule has 1 N–H and O–H groups in total. The van der Waals surface area contributed by atoms with Gasteiger partial charge >= 0.3 is 0 Å². The quantitative estimate of drug-likeness (QED) is 0.287. The summed E-state index contributed by atoms with van der Waals surface area (Å²) in [7, 11) is -4.13. The zero-order valence-corrected chi connectivity index (χ0v) is 21.1. The molecule has 192 valence electrons. The largest absolute Gasteiger partial charge is 0.494 e. The molecule has 0 aliphatic heterocycles. The lowest BCUT2D eigenvalue weighted by Gasteiger charge is -2.24. The van der Waals surface area contributed by atoms with Crippen LogP contribution in [0.5, 0.6) is 11.5 Å². The van der Waals surface area contributed by atoms with E-state index in [4.69, 9.17) is 9.47 Å². The molecule has 1 amide bonds. The predicted octanol–water partition coefficient (Wildman–Crippen LogP) is 4.77. The van der Waals surface area contributed by atoms with Crippen molar-refractivity contribution in [2.24, 2.45) is 0 Å². The molecular weight excluding hydrogens is 495 g/mol. The van der Waals surface area contributed by atoms with Crippen LogP contribution in [-0.2, 0) is 14.8 Å². The molecule has 0 saturated carbocycles. The van der Waals surface area contributed by atoms with E-state index in [1.54, 1.807) is 12.1 Å². The monoisotopic (exact) mass is 522 g/mol. The Morgan fingerprint density at radius 2 is 1.59 bits per heavy atom. The van der Waals surface area contributed by atoms with Gasteiger partial charge in [-0.2, -0.15) is 0 Å². The molecule has 4 rings (SSSR count). The van der Waals surface area contributed by atoms with E-state index in [2.05, 4.69) is 5.32 Å². The molecule has 4 aromatic rings. The number of nitrogens with zero attached hydrogens (tertiary/aromatic N) is 1. The highest BCUT2D eigenvalue weighted by atomic mass is 32.2. The Labute approximate surface area is 215 Å². The van der Waals surface area contributed by atoms with E-state index >= 15 is 0 Å². The third kappa shape index (κ3) is 6.37. The molecule has 0 unspecified atom stereocenters. The summed E-state index contributed by atoms with van der Waals surface area (Å²) in [6, 6.07) is 24.4. The third-order valence-electron chi connectivity index (χ3n) is 5.56. The molecule has 0 spiro atoms. The molecule has 0 heterocycles. The average Bonchev–Trinajstić information content (AvgIpc) is 2.91. The van der Waals surface area contributed by atoms with Crippen molar-refractivity contribution in [3.05, 3.63) is 96.8 Å². The van der Waals surface area contributed by atoms with Gasteiger partial charge in [-0.1, -0.05) is 36.4 Å². The second-order valence-corrected chi connectivity index (χ2v) is 9.93. The maximum Gasteiger partial charge on any atom is 0.264 e. The highest BCUT2D eigenvalue weighted by molar-refractivity contribution is 7.92. The van der Waals surface area contributed by atoms with Gasteiger partial charge < -0.3 is 14.8 Å². The van der Waals surface area contributed by atoms with E-state index in [0.717, 1.165) is 27.2 Å². The van der Waals surface area contributed by atoms with Crippen LogP contribution >= 0.6 is 0 Å². The van der Waals surface area contributed by atoms with Gasteiger partial charge in [-0.15, -0.1) is 0 Å². The summed E-state index contributed by atoms with van der Waals surface area (Å²) < 4.78 is 52.6. The van der Waals surface area contributed by atoms with Crippen LogP contribution in [0.4, 0.5) is 10.1 Å². The predicted molar refractivity (Wildman–Crippen MR) is 141 cm³/mol. The number of carbonyl (C=O) groups excluding carboxylic acids is 1. The van der Waals surface area contributed by atoms with Crippen molar-refractivity contribution in [3.8, 4) is 11.5 Å². The van der Waals surface area contributed by atoms with Crippen LogP contribution < -0.4 is 19.1 Å². The topological polar surface area (TPSA) is 84.9 Å². The number of amides is 1. The van der Waals surface area contributed by atoms with E-state index in [0.29, 0.717) is 18.1 Å². The Balaban J connectivity index is 1.44. The Morgan fingerprint density at radius 3 is 2.32 bits per heavy atom. The minimum atomic E-state index is -4.13. The van der Waals surface area contributed by atoms with Crippen molar-refractivity contribution < 1.29 is 27.1 Å². The molecule has 7 nitrogen and oxygen atoms in total. The molecule has 0 aromatic heterocycles. The maximum absolute atomic E-state index is 13.5. The summed E-state index contributed by atoms with van der Waals surface area (Å²) in [5.74, 6) is 0.176. The summed E-state index contributed by atoms with van der Waals surface area (Å²) in [4.78, 5) is 12.7. The number of rotatable bonds is 11. The smallest absolute Gasteiger partial charge is 0.264 e. The van der Waals surface area contributed by atoms with E-state index < -0.39 is 28.3 Å². The second kappa shape index (κ2) is 11.7. The fraction of sp³-hybridized carbons (Fsp3) is 0.179. The molecule has 0 fully saturated rings. The maximum atomic E-state index is 13.5. The molecule has 0 aliphatic carbocycles. The molecule has 4 aromatic carbocycles. The Bertz CT molecular complexity index is 1450. The van der Waals surface area contributed by atoms with Gasteiger partial charge in [-0.3, -0.25) is 9.10 Å². The standard InChI is InChI=1S/C28H27FN2O5S/c1-2-35-24-14-16-25(17-15-24)37(33,34)31(23-12-10-22(29)11-13-23)20-28(32)30-18-19-36-27-9-5-7-21-6-3-4-8-26(21)27/h3-17H,2,18-20H2,1H3,(H,30,32). The number of nitrogens with one attached hydrogen (secondary N) is 1. The van der Waals surface area contributed by atoms with Gasteiger partial charge in [0.1, 0.15) is 30.5 Å². The first-order valence-electron chi connectivity index (χ1n) is 11.8. The van der Waals surface area contributed by atoms with Crippen molar-refractivity contribution >= 4 is 32.4 Å². The number of anilines is 1. The van der Waals surface area contributed by atoms with Crippen molar-refractivity contribution in [3.63, 3.8) is 0 Å². The lowest BCUT2D eigenvalue weighted by molar-refractivity contribution is -0.119. The number of benzene rings is 4. The average molecular weight is 523 g/mol. The zero-order chi connectivity index (χ0) is 26.3. The Hall–Kier alpha value is -4.11. The summed E-state index contributed by atoms with van der Waals surface area (Å²) in [6.07, 6.45) is 0. The van der Waals surface area contributed by atoms with E-state index in [1.807, 2.05) is 49.4 Å². The van der Waals surface area contributed by atoms with E-state index in [9.17, 15) is 17.6 Å². The minimum Gasteiger partial charge on any atom is -0.494 e. The first kappa shape index (κ1) is 26.0. The molecule has 0 aliphatic rings. The van der Waals surface area contributed by atoms with E-state index in [-0.39, 0.29) is 23.7 Å². The summed E-state index contributed by atoms with van der Waals surface area (Å²) in [6.45, 7) is 2.14. The Morgan fingerprint density at radius 1 is 0.892 bits per heavy atom. The van der Waals surface area contributed by atoms with Crippen LogP contribution in [0.25, 0.3) is 10.8 Å². The molecule has 0 saturated heterocycles. The first-order chi connectivity index (χ1) is 17.9. The number of fused-ring (bicyclic) bond motifs is 1. The van der Waals surface area contributed by atoms with E-state index in [1.165, 1.54) is 24.3 Å². The van der Waals surface area contributed by atoms with Crippen LogP contribution in [0.15, 0.2) is 95.9 Å². The Kier molecular flexibility index (Phi) is 8.25. The highest BCUT2D eigenvalue weighted by Gasteiger charge is 2.27. The molecule has 0 radical (unpaired) electrons. The van der Waals surface area contributed by atoms with Gasteiger partial charge in [0.2, 0.25) is 5.91 Å². The van der Waals surface area contributed by atoms with Gasteiger partial charge in [-0.25, -0.2) is 12.8 Å². The molecule has 0 atom stereocenters. The SMILES string of the molecule is CCOc1ccc(S(=O)(=O)N(CC(=O)NCCOc2cccc3ccccc23)c2ccc(F)cc2)cc1. The van der Waals surface area contributed by atoms with Gasteiger partial charge in [0.05, 0.1) is 23.7 Å². The lowest BCUT2D eigenvalue weighted by atomic mass is 10.1. The number of hydrogen-bond donors (Lipinski definition) is 1. The summed E-state index contributed by atoms with van der Waals surface area (Å²) in [5.41, 5.74) is 0.164. The number of carbonyl (C=O) groups is 1. The minimum absolute atomic E-state index is 0.0210. The lowest BCUT2D eigenvalue weighted by Crippen LogP contribution is -2.41. The fourth-order valence-electron chi connectivity index (χ4n) is 3.78. The summed E-state index contributed by atoms with van der Waals surface area (Å²) in [5, 5.41) is 4.70. The van der Waals surface area contributed by atoms with Gasteiger partial charge in [0.25, 0.3) is 10.0 Å². The van der Waals surface area contributed by atoms with Crippen molar-refractivity contribution in [1.29, 1.82) is 0 Å². The zero-order valence-electron chi connectivity index (χ0n) is 20.3. The first-order valence-corrected chi connectivity index (χ1v) is 13.2. The van der Waals surface area contributed by atoms with Gasteiger partial charge in [0.15, 0.2) is 0 Å². The third-order valence-corrected chi connectivity index (χ3v) is 7.34. The van der Waals surface area contributed by atoms with Crippen LogP contribution in [0, 0.1) is 5.82 Å². The number of sulfonamides is 1. The van der Waals surface area contributed by atoms with Gasteiger partial charge in [-0.05, 0) is 66.9 Å². The number of halogens is 1. The molecule has 0 bridgehead atoms. The molecule has 9 heteroatoms. The fourth-order valence-corrected chi connectivity index (χ4v) is 5.20. The van der Waals surface area contributed by atoms with Crippen molar-refractivity contribution in [2.75, 3.05) is 30.6 Å². The van der Waals surface area contributed by atoms with Crippen LogP contribution in [0.2, 0.25) is 0 Å². The van der Waals surface area contributed by atoms with Crippen LogP contribution in [0.1, 0.15) is 6.92 Å². The normalized spacial score (nSPS) is 11.2. The second-order valence-electron chi connectivity index (χ2n) is 8.07. The molecule has 37 heavy (non-hydrogen) atoms. The van der Waals surface area contributed by atoms with Gasteiger partial charge in [0, 0.05) is 5.39 Å². The van der Waals surface area contributed by atoms with Crippen molar-refractivity contribution in [1.82, 2.24) is 5.32 Å². The number of ether oxygens (including phenoxy) is 2. The van der Waals surface area contributed by atoms with Crippen molar-refractivity contribution in [2.45, 2.75) is 11.8 Å². The highest BCUT2D eigenvalue weighted by Crippen LogP contribution is 2.26.